The summed E-state index contributed by atoms with van der Waals surface area (Å²) in [4.78, 5) is 42.1. The van der Waals surface area contributed by atoms with Gasteiger partial charge < -0.3 is 9.88 Å². The Morgan fingerprint density at radius 3 is 2.69 bits per heavy atom. The fourth-order valence-corrected chi connectivity index (χ4v) is 3.37. The van der Waals surface area contributed by atoms with Crippen LogP contribution in [0.1, 0.15) is 0 Å². The zero-order chi connectivity index (χ0) is 20.7. The van der Waals surface area contributed by atoms with Gasteiger partial charge in [0.2, 0.25) is 5.91 Å². The third kappa shape index (κ3) is 3.29. The zero-order valence-electron chi connectivity index (χ0n) is 15.5. The predicted octanol–water partition coefficient (Wildman–Crippen LogP) is 1.02. The molecular formula is C18H16BrN7O3. The van der Waals surface area contributed by atoms with E-state index in [0.29, 0.717) is 11.4 Å². The molecule has 1 aromatic carbocycles. The van der Waals surface area contributed by atoms with Crippen molar-refractivity contribution in [1.82, 2.24) is 28.5 Å². The Bertz CT molecular complexity index is 1360. The summed E-state index contributed by atoms with van der Waals surface area (Å²) in [7, 11) is 3.17. The second kappa shape index (κ2) is 7.17. The molecule has 0 radical (unpaired) electrons. The van der Waals surface area contributed by atoms with E-state index in [1.54, 1.807) is 42.3 Å². The first-order valence-corrected chi connectivity index (χ1v) is 9.36. The molecule has 0 spiro atoms. The molecular weight excluding hydrogens is 442 g/mol. The lowest BCUT2D eigenvalue weighted by atomic mass is 10.2. The number of nitrogens with one attached hydrogen (secondary N) is 1. The van der Waals surface area contributed by atoms with Crippen molar-refractivity contribution in [3.05, 3.63) is 68.3 Å². The molecule has 0 saturated heterocycles. The first kappa shape index (κ1) is 18.9. The minimum atomic E-state index is -0.611. The van der Waals surface area contributed by atoms with Crippen molar-refractivity contribution in [2.75, 3.05) is 5.32 Å². The largest absolute Gasteiger partial charge is 0.332 e. The fraction of sp³-hybridized carbons (Fsp3) is 0.167. The zero-order valence-corrected chi connectivity index (χ0v) is 17.1. The molecule has 1 amide bonds. The van der Waals surface area contributed by atoms with Crippen LogP contribution in [0.2, 0.25) is 0 Å². The average Bonchev–Trinajstić information content (AvgIpc) is 3.30. The molecule has 11 heteroatoms. The van der Waals surface area contributed by atoms with E-state index in [4.69, 9.17) is 0 Å². The highest BCUT2D eigenvalue weighted by atomic mass is 79.9. The number of carbonyl (C=O) groups is 1. The van der Waals surface area contributed by atoms with E-state index in [1.165, 1.54) is 22.5 Å². The van der Waals surface area contributed by atoms with Crippen LogP contribution in [-0.4, -0.2) is 34.4 Å². The van der Waals surface area contributed by atoms with Gasteiger partial charge in [-0.15, -0.1) is 0 Å². The molecule has 0 aliphatic heterocycles. The maximum Gasteiger partial charge on any atom is 0.332 e. The van der Waals surface area contributed by atoms with Crippen molar-refractivity contribution in [2.24, 2.45) is 14.1 Å². The molecule has 0 atom stereocenters. The number of amides is 1. The highest BCUT2D eigenvalue weighted by Gasteiger charge is 2.17. The Morgan fingerprint density at radius 2 is 1.97 bits per heavy atom. The molecule has 10 nitrogen and oxygen atoms in total. The summed E-state index contributed by atoms with van der Waals surface area (Å²) in [5.74, 6) is -0.510. The van der Waals surface area contributed by atoms with E-state index in [-0.39, 0.29) is 11.2 Å². The molecule has 0 unspecified atom stereocenters. The van der Waals surface area contributed by atoms with Crippen LogP contribution in [0.5, 0.6) is 0 Å². The number of anilines is 1. The molecule has 3 heterocycles. The van der Waals surface area contributed by atoms with Crippen LogP contribution in [0, 0.1) is 0 Å². The fourth-order valence-electron chi connectivity index (χ4n) is 3.08. The standard InChI is InChI=1S/C18H16BrN7O3/c1-23-10-20-16-15(23)17(28)25(18(29)24(16)2)9-14(27)22-12-5-3-4-6-13(12)26-8-11(19)7-21-26/h3-8,10H,9H2,1-2H3,(H,22,27). The Hall–Kier alpha value is -3.47. The monoisotopic (exact) mass is 457 g/mol. The molecule has 0 saturated carbocycles. The minimum Gasteiger partial charge on any atom is -0.328 e. The summed E-state index contributed by atoms with van der Waals surface area (Å²) in [6.07, 6.45) is 4.83. The van der Waals surface area contributed by atoms with Crippen LogP contribution in [0.25, 0.3) is 16.9 Å². The van der Waals surface area contributed by atoms with Crippen molar-refractivity contribution in [3.8, 4) is 5.69 Å². The number of aromatic nitrogens is 6. The van der Waals surface area contributed by atoms with E-state index in [9.17, 15) is 14.4 Å². The molecule has 0 fully saturated rings. The molecule has 0 bridgehead atoms. The average molecular weight is 458 g/mol. The number of nitrogens with zero attached hydrogens (tertiary/aromatic N) is 6. The number of hydrogen-bond acceptors (Lipinski definition) is 5. The predicted molar refractivity (Wildman–Crippen MR) is 110 cm³/mol. The number of hydrogen-bond donors (Lipinski definition) is 1. The smallest absolute Gasteiger partial charge is 0.328 e. The van der Waals surface area contributed by atoms with E-state index >= 15 is 0 Å². The summed E-state index contributed by atoms with van der Waals surface area (Å²) in [6.45, 7) is -0.427. The van der Waals surface area contributed by atoms with Gasteiger partial charge in [0, 0.05) is 20.3 Å². The molecule has 3 aromatic heterocycles. The van der Waals surface area contributed by atoms with Gasteiger partial charge in [0.25, 0.3) is 5.56 Å². The number of imidazole rings is 1. The topological polar surface area (TPSA) is 109 Å². The van der Waals surface area contributed by atoms with E-state index in [0.717, 1.165) is 9.04 Å². The third-order valence-corrected chi connectivity index (χ3v) is 4.89. The first-order valence-electron chi connectivity index (χ1n) is 8.57. The summed E-state index contributed by atoms with van der Waals surface area (Å²) in [5.41, 5.74) is 0.493. The van der Waals surface area contributed by atoms with Crippen molar-refractivity contribution >= 4 is 38.7 Å². The number of aryl methyl sites for hydroxylation is 2. The van der Waals surface area contributed by atoms with Gasteiger partial charge in [-0.25, -0.2) is 19.0 Å². The Balaban J connectivity index is 1.68. The first-order chi connectivity index (χ1) is 13.9. The number of carbonyl (C=O) groups excluding carboxylic acids is 1. The quantitative estimate of drug-likeness (QED) is 0.491. The molecule has 0 aliphatic rings. The van der Waals surface area contributed by atoms with Crippen LogP contribution >= 0.6 is 15.9 Å². The molecule has 4 rings (SSSR count). The Morgan fingerprint density at radius 1 is 1.21 bits per heavy atom. The maximum atomic E-state index is 12.8. The molecule has 148 valence electrons. The Kier molecular flexibility index (Phi) is 4.66. The number of halogens is 1. The second-order valence-electron chi connectivity index (χ2n) is 6.43. The number of rotatable bonds is 4. The number of benzene rings is 1. The molecule has 0 aliphatic carbocycles. The van der Waals surface area contributed by atoms with E-state index < -0.39 is 23.7 Å². The summed E-state index contributed by atoms with van der Waals surface area (Å²) < 4.78 is 6.06. The molecule has 4 aromatic rings. The summed E-state index contributed by atoms with van der Waals surface area (Å²) in [6, 6.07) is 7.09. The van der Waals surface area contributed by atoms with Crippen molar-refractivity contribution < 1.29 is 4.79 Å². The van der Waals surface area contributed by atoms with Crippen molar-refractivity contribution in [3.63, 3.8) is 0 Å². The van der Waals surface area contributed by atoms with Crippen LogP contribution in [0.4, 0.5) is 5.69 Å². The highest BCUT2D eigenvalue weighted by molar-refractivity contribution is 9.10. The van der Waals surface area contributed by atoms with Crippen molar-refractivity contribution in [1.29, 1.82) is 0 Å². The van der Waals surface area contributed by atoms with Crippen LogP contribution in [0.15, 0.2) is 57.0 Å². The third-order valence-electron chi connectivity index (χ3n) is 4.48. The highest BCUT2D eigenvalue weighted by Crippen LogP contribution is 2.21. The summed E-state index contributed by atoms with van der Waals surface area (Å²) in [5, 5.41) is 6.97. The van der Waals surface area contributed by atoms with Gasteiger partial charge in [-0.2, -0.15) is 5.10 Å². The van der Waals surface area contributed by atoms with Crippen LogP contribution in [-0.2, 0) is 25.4 Å². The number of para-hydroxylation sites is 2. The SMILES string of the molecule is Cn1cnc2c1c(=O)n(CC(=O)Nc1ccccc1-n1cc(Br)cn1)c(=O)n2C. The van der Waals surface area contributed by atoms with Gasteiger partial charge in [-0.05, 0) is 28.1 Å². The lowest BCUT2D eigenvalue weighted by Crippen LogP contribution is -2.42. The minimum absolute atomic E-state index is 0.252. The van der Waals surface area contributed by atoms with Crippen molar-refractivity contribution in [2.45, 2.75) is 6.54 Å². The maximum absolute atomic E-state index is 12.8. The normalized spacial score (nSPS) is 11.1. The molecule has 29 heavy (non-hydrogen) atoms. The summed E-state index contributed by atoms with van der Waals surface area (Å²) >= 11 is 3.34. The van der Waals surface area contributed by atoms with Gasteiger partial charge in [-0.3, -0.25) is 14.2 Å². The van der Waals surface area contributed by atoms with Gasteiger partial charge >= 0.3 is 5.69 Å². The number of fused-ring (bicyclic) bond motifs is 1. The molecule has 1 N–H and O–H groups in total. The van der Waals surface area contributed by atoms with Gasteiger partial charge in [0.15, 0.2) is 11.2 Å². The lowest BCUT2D eigenvalue weighted by Gasteiger charge is -2.12. The van der Waals surface area contributed by atoms with Gasteiger partial charge in [0.05, 0.1) is 28.4 Å². The Labute approximate surface area is 172 Å². The van der Waals surface area contributed by atoms with Gasteiger partial charge in [0.1, 0.15) is 6.54 Å². The van der Waals surface area contributed by atoms with E-state index in [2.05, 4.69) is 31.3 Å². The second-order valence-corrected chi connectivity index (χ2v) is 7.34. The van der Waals surface area contributed by atoms with E-state index in [1.807, 2.05) is 6.07 Å². The van der Waals surface area contributed by atoms with Crippen LogP contribution < -0.4 is 16.6 Å². The van der Waals surface area contributed by atoms with Crippen LogP contribution in [0.3, 0.4) is 0 Å². The van der Waals surface area contributed by atoms with Gasteiger partial charge in [-0.1, -0.05) is 12.1 Å². The lowest BCUT2D eigenvalue weighted by molar-refractivity contribution is -0.116.